The largest absolute Gasteiger partial charge is 0.491 e. The van der Waals surface area contributed by atoms with Gasteiger partial charge in [0.25, 0.3) is 0 Å². The summed E-state index contributed by atoms with van der Waals surface area (Å²) >= 11 is 1.90. The second kappa shape index (κ2) is 26.5. The quantitative estimate of drug-likeness (QED) is 0.0739. The normalized spacial score (nSPS) is 17.8. The number of amides is 3. The summed E-state index contributed by atoms with van der Waals surface area (Å²) in [5, 5.41) is 25.2. The summed E-state index contributed by atoms with van der Waals surface area (Å²) in [5.41, 5.74) is 0.818. The first kappa shape index (κ1) is 42.5. The number of carbonyl (C=O) groups excluding carboxylic acids is 2. The summed E-state index contributed by atoms with van der Waals surface area (Å²) in [6, 6.07) is 7.82. The molecule has 3 atom stereocenters. The van der Waals surface area contributed by atoms with Gasteiger partial charge in [-0.05, 0) is 44.0 Å². The van der Waals surface area contributed by atoms with E-state index >= 15 is 0 Å². The molecule has 0 bridgehead atoms. The van der Waals surface area contributed by atoms with Crippen LogP contribution >= 0.6 is 11.8 Å². The van der Waals surface area contributed by atoms with Crippen LogP contribution in [0.25, 0.3) is 11.4 Å². The van der Waals surface area contributed by atoms with Gasteiger partial charge in [-0.3, -0.25) is 4.79 Å². The van der Waals surface area contributed by atoms with Gasteiger partial charge in [-0.15, -0.1) is 20.4 Å². The molecular formula is C35H55N7O10S. The van der Waals surface area contributed by atoms with E-state index in [4.69, 9.17) is 37.9 Å². The second-order valence-corrected chi connectivity index (χ2v) is 13.4. The number of benzene rings is 1. The van der Waals surface area contributed by atoms with E-state index in [0.29, 0.717) is 129 Å². The average Bonchev–Trinajstić information content (AvgIpc) is 3.73. The van der Waals surface area contributed by atoms with Gasteiger partial charge in [-0.2, -0.15) is 11.8 Å². The number of ether oxygens (including phenoxy) is 8. The summed E-state index contributed by atoms with van der Waals surface area (Å²) in [7, 11) is 0. The van der Waals surface area contributed by atoms with E-state index in [0.717, 1.165) is 36.3 Å². The molecule has 2 fully saturated rings. The number of nitrogens with one attached hydrogen (secondary N) is 3. The number of unbranched alkanes of at least 4 members (excludes halogenated alkanes) is 1. The molecule has 1 aromatic carbocycles. The number of nitrogens with zero attached hydrogens (tertiary/aromatic N) is 4. The molecule has 2 saturated heterocycles. The highest BCUT2D eigenvalue weighted by Crippen LogP contribution is 2.33. The molecule has 53 heavy (non-hydrogen) atoms. The van der Waals surface area contributed by atoms with Crippen LogP contribution in [0.3, 0.4) is 0 Å². The van der Waals surface area contributed by atoms with Gasteiger partial charge >= 0.3 is 6.03 Å². The van der Waals surface area contributed by atoms with Gasteiger partial charge in [-0.1, -0.05) is 6.42 Å². The van der Waals surface area contributed by atoms with Crippen LogP contribution in [0.1, 0.15) is 31.5 Å². The fraction of sp³-hybridized carbons (Fsp3) is 0.714. The first-order valence-corrected chi connectivity index (χ1v) is 19.4. The minimum absolute atomic E-state index is 0.0420. The molecule has 17 nitrogen and oxygen atoms in total. The summed E-state index contributed by atoms with van der Waals surface area (Å²) in [6.07, 6.45) is 3.33. The van der Waals surface area contributed by atoms with Crippen molar-refractivity contribution in [3.05, 3.63) is 30.1 Å². The average molecular weight is 766 g/mol. The van der Waals surface area contributed by atoms with Crippen molar-refractivity contribution in [2.75, 3.05) is 111 Å². The molecule has 0 aliphatic carbocycles. The molecule has 3 N–H and O–H groups in total. The van der Waals surface area contributed by atoms with Crippen LogP contribution in [0.4, 0.5) is 4.79 Å². The van der Waals surface area contributed by atoms with Crippen molar-refractivity contribution >= 4 is 23.7 Å². The Morgan fingerprint density at radius 1 is 0.717 bits per heavy atom. The van der Waals surface area contributed by atoms with Gasteiger partial charge < -0.3 is 53.8 Å². The lowest BCUT2D eigenvalue weighted by Crippen LogP contribution is -2.36. The van der Waals surface area contributed by atoms with Gasteiger partial charge in [0.05, 0.1) is 105 Å². The van der Waals surface area contributed by atoms with Gasteiger partial charge in [0.15, 0.2) is 5.82 Å². The lowest BCUT2D eigenvalue weighted by molar-refractivity contribution is -0.121. The summed E-state index contributed by atoms with van der Waals surface area (Å²) < 4.78 is 44.3. The van der Waals surface area contributed by atoms with E-state index in [-0.39, 0.29) is 24.0 Å². The van der Waals surface area contributed by atoms with Crippen LogP contribution < -0.4 is 20.7 Å². The third-order valence-corrected chi connectivity index (χ3v) is 9.58. The summed E-state index contributed by atoms with van der Waals surface area (Å²) in [4.78, 5) is 23.5. The molecule has 1 aromatic heterocycles. The highest BCUT2D eigenvalue weighted by Gasteiger charge is 2.42. The summed E-state index contributed by atoms with van der Waals surface area (Å²) in [5.74, 6) is 2.73. The molecule has 4 rings (SSSR count). The predicted octanol–water partition coefficient (Wildman–Crippen LogP) is 1.58. The fourth-order valence-electron chi connectivity index (χ4n) is 5.36. The van der Waals surface area contributed by atoms with E-state index in [1.807, 2.05) is 36.0 Å². The number of hydrogen-bond donors (Lipinski definition) is 3. The van der Waals surface area contributed by atoms with E-state index in [1.54, 1.807) is 6.92 Å². The van der Waals surface area contributed by atoms with E-state index in [9.17, 15) is 9.59 Å². The first-order chi connectivity index (χ1) is 26.1. The topological polar surface area (TPSA) is 196 Å². The number of fused-ring (bicyclic) bond motifs is 1. The van der Waals surface area contributed by atoms with Crippen LogP contribution in [-0.2, 0) is 38.0 Å². The van der Waals surface area contributed by atoms with Crippen molar-refractivity contribution in [3.63, 3.8) is 0 Å². The van der Waals surface area contributed by atoms with Gasteiger partial charge in [-0.25, -0.2) is 4.79 Å². The Balaban J connectivity index is 0.790. The van der Waals surface area contributed by atoms with Crippen molar-refractivity contribution in [3.8, 4) is 17.1 Å². The van der Waals surface area contributed by atoms with E-state index in [1.165, 1.54) is 0 Å². The molecule has 0 spiro atoms. The van der Waals surface area contributed by atoms with Crippen molar-refractivity contribution < 1.29 is 47.5 Å². The van der Waals surface area contributed by atoms with E-state index in [2.05, 4.69) is 36.3 Å². The maximum Gasteiger partial charge on any atom is 0.315 e. The second-order valence-electron chi connectivity index (χ2n) is 12.1. The van der Waals surface area contributed by atoms with Crippen LogP contribution in [0.15, 0.2) is 24.3 Å². The minimum Gasteiger partial charge on any atom is -0.491 e. The molecule has 18 heteroatoms. The van der Waals surface area contributed by atoms with Gasteiger partial charge in [0.1, 0.15) is 12.4 Å². The maximum absolute atomic E-state index is 12.0. The first-order valence-electron chi connectivity index (χ1n) is 18.4. The van der Waals surface area contributed by atoms with Crippen LogP contribution in [0.5, 0.6) is 5.75 Å². The maximum atomic E-state index is 12.0. The van der Waals surface area contributed by atoms with Crippen LogP contribution in [-0.4, -0.2) is 161 Å². The highest BCUT2D eigenvalue weighted by atomic mass is 32.2. The Labute approximate surface area is 315 Å². The number of aromatic nitrogens is 4. The van der Waals surface area contributed by atoms with Crippen molar-refractivity contribution in [2.45, 2.75) is 49.9 Å². The summed E-state index contributed by atoms with van der Waals surface area (Å²) in [6.45, 7) is 9.28. The molecule has 3 amide bonds. The lowest BCUT2D eigenvalue weighted by atomic mass is 10.0. The van der Waals surface area contributed by atoms with Crippen LogP contribution in [0.2, 0.25) is 0 Å². The Bertz CT molecular complexity index is 1280. The standard InChI is InChI=1S/C35H55N7O10S/c1-27-39-41-34(42-40-27)28-6-8-29(9-7-28)52-25-24-51-23-22-50-21-20-49-19-18-48-17-16-47-15-14-46-13-12-45-11-10-36-32(43)5-3-2-4-31-33-30(26-53-31)37-35(44)38-33/h6-9,30-31,33H,2-5,10-26H2,1H3,(H,36,43)(H2,37,38,44)/t30-,31-,33-/m0/s1. The SMILES string of the molecule is Cc1nnc(-c2ccc(OCCOCCOCCOCCOCCOCCOCCOCCNC(=O)CCCC[C@@H]3SC[C@@H]4NC(=O)N[C@@H]43)cc2)nn1. The number of carbonyl (C=O) groups is 2. The number of aryl methyl sites for hydroxylation is 1. The molecule has 3 heterocycles. The monoisotopic (exact) mass is 765 g/mol. The highest BCUT2D eigenvalue weighted by molar-refractivity contribution is 8.00. The molecule has 2 aromatic rings. The Morgan fingerprint density at radius 2 is 1.25 bits per heavy atom. The Morgan fingerprint density at radius 3 is 1.81 bits per heavy atom. The van der Waals surface area contributed by atoms with Crippen molar-refractivity contribution in [1.82, 2.24) is 36.3 Å². The van der Waals surface area contributed by atoms with Gasteiger partial charge in [0, 0.05) is 29.5 Å². The number of hydrogen-bond acceptors (Lipinski definition) is 15. The smallest absolute Gasteiger partial charge is 0.315 e. The van der Waals surface area contributed by atoms with Crippen LogP contribution in [0, 0.1) is 6.92 Å². The zero-order valence-corrected chi connectivity index (χ0v) is 31.5. The molecule has 2 aliphatic heterocycles. The van der Waals surface area contributed by atoms with Crippen molar-refractivity contribution in [1.29, 1.82) is 0 Å². The third-order valence-electron chi connectivity index (χ3n) is 8.07. The predicted molar refractivity (Wildman–Crippen MR) is 196 cm³/mol. The lowest BCUT2D eigenvalue weighted by Gasteiger charge is -2.16. The number of thioether (sulfide) groups is 1. The molecule has 2 aliphatic rings. The van der Waals surface area contributed by atoms with Gasteiger partial charge in [0.2, 0.25) is 11.7 Å². The Hall–Kier alpha value is -3.23. The molecular weight excluding hydrogens is 710 g/mol. The minimum atomic E-state index is -0.0613. The van der Waals surface area contributed by atoms with E-state index < -0.39 is 0 Å². The molecule has 296 valence electrons. The zero-order valence-electron chi connectivity index (χ0n) is 30.7. The molecule has 0 unspecified atom stereocenters. The number of rotatable bonds is 31. The van der Waals surface area contributed by atoms with Crippen molar-refractivity contribution in [2.24, 2.45) is 0 Å². The molecule has 0 saturated carbocycles. The Kier molecular flexibility index (Phi) is 21.3. The zero-order chi connectivity index (χ0) is 37.2. The fourth-order valence-corrected chi connectivity index (χ4v) is 6.90. The molecule has 0 radical (unpaired) electrons. The number of urea groups is 1. The third kappa shape index (κ3) is 18.1.